The highest BCUT2D eigenvalue weighted by molar-refractivity contribution is 5.93. The van der Waals surface area contributed by atoms with Gasteiger partial charge in [0, 0.05) is 50.4 Å². The lowest BCUT2D eigenvalue weighted by Gasteiger charge is -2.31. The average Bonchev–Trinajstić information content (AvgIpc) is 3.12. The highest BCUT2D eigenvalue weighted by atomic mass is 16.3. The van der Waals surface area contributed by atoms with Crippen molar-refractivity contribution in [2.75, 3.05) is 31.1 Å². The second-order valence-electron chi connectivity index (χ2n) is 6.74. The highest BCUT2D eigenvalue weighted by Crippen LogP contribution is 2.25. The van der Waals surface area contributed by atoms with Gasteiger partial charge >= 0.3 is 0 Å². The molecule has 1 aromatic carbocycles. The number of carbonyl (C=O) groups excluding carboxylic acids is 1. The normalized spacial score (nSPS) is 13.6. The number of nitrogens with zero attached hydrogens (tertiary/aromatic N) is 4. The van der Waals surface area contributed by atoms with Gasteiger partial charge in [-0.25, -0.2) is 9.50 Å². The molecule has 7 heteroatoms. The second-order valence-corrected chi connectivity index (χ2v) is 6.74. The Balaban J connectivity index is 1.38. The summed E-state index contributed by atoms with van der Waals surface area (Å²) < 4.78 is 1.58. The first-order chi connectivity index (χ1) is 13.2. The Morgan fingerprint density at radius 1 is 1.30 bits per heavy atom. The first-order valence-corrected chi connectivity index (χ1v) is 9.31. The zero-order chi connectivity index (χ0) is 18.6. The number of fused-ring (bicyclic) bond motifs is 2. The molecule has 3 aromatic rings. The molecule has 4 rings (SSSR count). The molecule has 0 saturated carbocycles. The van der Waals surface area contributed by atoms with E-state index in [-0.39, 0.29) is 12.5 Å². The van der Waals surface area contributed by atoms with Gasteiger partial charge < -0.3 is 15.3 Å². The Bertz CT molecular complexity index is 952. The molecule has 0 saturated heterocycles. The Labute approximate surface area is 157 Å². The minimum Gasteiger partial charge on any atom is -0.396 e. The number of aromatic nitrogens is 3. The second kappa shape index (κ2) is 7.75. The van der Waals surface area contributed by atoms with Crippen LogP contribution >= 0.6 is 0 Å². The van der Waals surface area contributed by atoms with Crippen LogP contribution in [0.5, 0.6) is 0 Å². The summed E-state index contributed by atoms with van der Waals surface area (Å²) in [5.74, 6) is -0.200. The molecule has 1 amide bonds. The number of anilines is 1. The van der Waals surface area contributed by atoms with Crippen molar-refractivity contribution in [1.29, 1.82) is 0 Å². The molecular formula is C20H23N5O2. The summed E-state index contributed by atoms with van der Waals surface area (Å²) in [6.45, 7) is 2.40. The van der Waals surface area contributed by atoms with Crippen LogP contribution in [0.25, 0.3) is 5.65 Å². The fourth-order valence-corrected chi connectivity index (χ4v) is 3.52. The van der Waals surface area contributed by atoms with Gasteiger partial charge in [0.2, 0.25) is 0 Å². The molecular weight excluding hydrogens is 342 g/mol. The number of aliphatic hydroxyl groups is 1. The lowest BCUT2D eigenvalue weighted by molar-refractivity contribution is 0.0949. The molecule has 1 aliphatic heterocycles. The van der Waals surface area contributed by atoms with Crippen LogP contribution in [0.15, 0.2) is 42.7 Å². The number of hydrogen-bond donors (Lipinski definition) is 2. The topological polar surface area (TPSA) is 82.8 Å². The summed E-state index contributed by atoms with van der Waals surface area (Å²) in [5, 5.41) is 16.3. The maximum atomic E-state index is 12.4. The van der Waals surface area contributed by atoms with E-state index in [2.05, 4.69) is 44.6 Å². The molecule has 0 bridgehead atoms. The number of aliphatic hydroxyl groups excluding tert-OH is 1. The summed E-state index contributed by atoms with van der Waals surface area (Å²) in [4.78, 5) is 19.0. The van der Waals surface area contributed by atoms with E-state index < -0.39 is 0 Å². The zero-order valence-corrected chi connectivity index (χ0v) is 15.1. The fourth-order valence-electron chi connectivity index (χ4n) is 3.52. The number of aryl methyl sites for hydroxylation is 1. The van der Waals surface area contributed by atoms with Crippen molar-refractivity contribution in [3.05, 3.63) is 59.5 Å². The standard InChI is InChI=1S/C20H23N5O2/c26-11-7-15-13-22-19-12-17(23-25(19)14-15)20(27)21-8-10-24-9-3-5-16-4-1-2-6-18(16)24/h1-2,4,6,12-14,26H,3,5,7-11H2,(H,21,27). The van der Waals surface area contributed by atoms with Crippen molar-refractivity contribution < 1.29 is 9.90 Å². The SMILES string of the molecule is O=C(NCCN1CCCc2ccccc21)c1cc2ncc(CCO)cn2n1. The van der Waals surface area contributed by atoms with Crippen LogP contribution in [0.3, 0.4) is 0 Å². The molecule has 140 valence electrons. The number of amides is 1. The third kappa shape index (κ3) is 3.78. The van der Waals surface area contributed by atoms with Gasteiger partial charge in [0.05, 0.1) is 0 Å². The maximum absolute atomic E-state index is 12.4. The lowest BCUT2D eigenvalue weighted by Crippen LogP contribution is -2.37. The molecule has 0 radical (unpaired) electrons. The molecule has 0 atom stereocenters. The smallest absolute Gasteiger partial charge is 0.271 e. The largest absolute Gasteiger partial charge is 0.396 e. The van der Waals surface area contributed by atoms with Crippen LogP contribution in [0, 0.1) is 0 Å². The monoisotopic (exact) mass is 365 g/mol. The molecule has 0 unspecified atom stereocenters. The molecule has 0 spiro atoms. The molecule has 27 heavy (non-hydrogen) atoms. The number of carbonyl (C=O) groups is 1. The van der Waals surface area contributed by atoms with E-state index in [4.69, 9.17) is 5.11 Å². The minimum atomic E-state index is -0.200. The number of rotatable bonds is 6. The molecule has 2 aromatic heterocycles. The summed E-state index contributed by atoms with van der Waals surface area (Å²) >= 11 is 0. The van der Waals surface area contributed by atoms with Gasteiger partial charge in [0.1, 0.15) is 0 Å². The predicted molar refractivity (Wildman–Crippen MR) is 103 cm³/mol. The van der Waals surface area contributed by atoms with Gasteiger partial charge in [0.25, 0.3) is 5.91 Å². The van der Waals surface area contributed by atoms with E-state index in [1.807, 2.05) is 0 Å². The van der Waals surface area contributed by atoms with Crippen molar-refractivity contribution in [2.24, 2.45) is 0 Å². The van der Waals surface area contributed by atoms with E-state index in [1.54, 1.807) is 23.0 Å². The van der Waals surface area contributed by atoms with Crippen molar-refractivity contribution >= 4 is 17.2 Å². The number of hydrogen-bond acceptors (Lipinski definition) is 5. The lowest BCUT2D eigenvalue weighted by atomic mass is 10.0. The maximum Gasteiger partial charge on any atom is 0.271 e. The Kier molecular flexibility index (Phi) is 5.02. The van der Waals surface area contributed by atoms with E-state index in [0.29, 0.717) is 24.3 Å². The minimum absolute atomic E-state index is 0.0570. The summed E-state index contributed by atoms with van der Waals surface area (Å²) in [6, 6.07) is 10.1. The van der Waals surface area contributed by atoms with Crippen LogP contribution in [0.1, 0.15) is 28.0 Å². The fraction of sp³-hybridized carbons (Fsp3) is 0.350. The Hall–Kier alpha value is -2.93. The van der Waals surface area contributed by atoms with Crippen LogP contribution in [-0.4, -0.2) is 51.9 Å². The predicted octanol–water partition coefficient (Wildman–Crippen LogP) is 1.45. The molecule has 3 heterocycles. The summed E-state index contributed by atoms with van der Waals surface area (Å²) in [6.07, 6.45) is 6.26. The van der Waals surface area contributed by atoms with E-state index in [9.17, 15) is 4.79 Å². The van der Waals surface area contributed by atoms with Gasteiger partial charge in [-0.1, -0.05) is 18.2 Å². The molecule has 2 N–H and O–H groups in total. The van der Waals surface area contributed by atoms with Gasteiger partial charge in [-0.2, -0.15) is 5.10 Å². The summed E-state index contributed by atoms with van der Waals surface area (Å²) in [7, 11) is 0. The molecule has 7 nitrogen and oxygen atoms in total. The van der Waals surface area contributed by atoms with Crippen LogP contribution < -0.4 is 10.2 Å². The van der Waals surface area contributed by atoms with Gasteiger partial charge in [0.15, 0.2) is 11.3 Å². The third-order valence-corrected chi connectivity index (χ3v) is 4.87. The Morgan fingerprint density at radius 3 is 3.07 bits per heavy atom. The van der Waals surface area contributed by atoms with Crippen molar-refractivity contribution in [3.8, 4) is 0 Å². The van der Waals surface area contributed by atoms with E-state index in [1.165, 1.54) is 11.3 Å². The molecule has 1 aliphatic rings. The zero-order valence-electron chi connectivity index (χ0n) is 15.1. The first kappa shape index (κ1) is 17.5. The average molecular weight is 365 g/mol. The molecule has 0 fully saturated rings. The van der Waals surface area contributed by atoms with Gasteiger partial charge in [-0.3, -0.25) is 4.79 Å². The number of nitrogens with one attached hydrogen (secondary N) is 1. The Morgan fingerprint density at radius 2 is 2.19 bits per heavy atom. The van der Waals surface area contributed by atoms with Gasteiger partial charge in [-0.05, 0) is 36.5 Å². The quantitative estimate of drug-likeness (QED) is 0.691. The van der Waals surface area contributed by atoms with Crippen molar-refractivity contribution in [2.45, 2.75) is 19.3 Å². The van der Waals surface area contributed by atoms with Crippen LogP contribution in [-0.2, 0) is 12.8 Å². The van der Waals surface area contributed by atoms with Crippen LogP contribution in [0.4, 0.5) is 5.69 Å². The molecule has 0 aliphatic carbocycles. The summed E-state index contributed by atoms with van der Waals surface area (Å²) in [5.41, 5.74) is 4.49. The van der Waals surface area contributed by atoms with E-state index in [0.717, 1.165) is 31.5 Å². The van der Waals surface area contributed by atoms with Crippen molar-refractivity contribution in [1.82, 2.24) is 19.9 Å². The number of para-hydroxylation sites is 1. The third-order valence-electron chi connectivity index (χ3n) is 4.87. The van der Waals surface area contributed by atoms with Gasteiger partial charge in [-0.15, -0.1) is 0 Å². The first-order valence-electron chi connectivity index (χ1n) is 9.31. The highest BCUT2D eigenvalue weighted by Gasteiger charge is 2.17. The number of benzene rings is 1. The van der Waals surface area contributed by atoms with Crippen molar-refractivity contribution in [3.63, 3.8) is 0 Å². The van der Waals surface area contributed by atoms with E-state index >= 15 is 0 Å². The van der Waals surface area contributed by atoms with Crippen LogP contribution in [0.2, 0.25) is 0 Å².